The summed E-state index contributed by atoms with van der Waals surface area (Å²) in [6.07, 6.45) is 2.18. The Morgan fingerprint density at radius 3 is 2.96 bits per heavy atom. The van der Waals surface area contributed by atoms with Crippen LogP contribution in [0.25, 0.3) is 0 Å². The van der Waals surface area contributed by atoms with Crippen molar-refractivity contribution >= 4 is 23.2 Å². The van der Waals surface area contributed by atoms with E-state index in [1.54, 1.807) is 0 Å². The molecule has 0 spiro atoms. The van der Waals surface area contributed by atoms with Crippen LogP contribution in [-0.4, -0.2) is 63.7 Å². The Morgan fingerprint density at radius 2 is 2.25 bits per heavy atom. The number of hydrogen-bond acceptors (Lipinski definition) is 3. The second-order valence-corrected chi connectivity index (χ2v) is 6.91. The Bertz CT molecular complexity index is 532. The van der Waals surface area contributed by atoms with Crippen LogP contribution in [0.5, 0.6) is 0 Å². The number of halogens is 1. The summed E-state index contributed by atoms with van der Waals surface area (Å²) in [5.74, 6) is 0.925. The summed E-state index contributed by atoms with van der Waals surface area (Å²) in [5, 5.41) is 7.71. The van der Waals surface area contributed by atoms with E-state index in [1.807, 2.05) is 18.2 Å². The van der Waals surface area contributed by atoms with E-state index in [-0.39, 0.29) is 0 Å². The van der Waals surface area contributed by atoms with Crippen molar-refractivity contribution in [3.63, 3.8) is 0 Å². The van der Waals surface area contributed by atoms with Crippen molar-refractivity contribution in [2.75, 3.05) is 51.7 Å². The van der Waals surface area contributed by atoms with Crippen LogP contribution < -0.4 is 15.5 Å². The van der Waals surface area contributed by atoms with E-state index in [4.69, 9.17) is 11.6 Å². The number of hydrogen-bond donors (Lipinski definition) is 2. The van der Waals surface area contributed by atoms with Gasteiger partial charge in [0.05, 0.1) is 0 Å². The predicted octanol–water partition coefficient (Wildman–Crippen LogP) is 2.43. The van der Waals surface area contributed by atoms with Gasteiger partial charge in [-0.3, -0.25) is 4.99 Å². The molecule has 0 aliphatic carbocycles. The van der Waals surface area contributed by atoms with Crippen molar-refractivity contribution in [2.24, 2.45) is 4.99 Å². The number of anilines is 1. The fourth-order valence-electron chi connectivity index (χ4n) is 2.88. The first kappa shape index (κ1) is 18.9. The average molecular weight is 352 g/mol. The van der Waals surface area contributed by atoms with E-state index in [2.05, 4.69) is 52.5 Å². The van der Waals surface area contributed by atoms with Crippen molar-refractivity contribution in [3.8, 4) is 0 Å². The summed E-state index contributed by atoms with van der Waals surface area (Å²) in [6.45, 7) is 6.90. The molecule has 0 aromatic heterocycles. The number of benzene rings is 1. The lowest BCUT2D eigenvalue weighted by Crippen LogP contribution is -2.44. The summed E-state index contributed by atoms with van der Waals surface area (Å²) in [4.78, 5) is 9.25. The minimum Gasteiger partial charge on any atom is -0.369 e. The van der Waals surface area contributed by atoms with Crippen molar-refractivity contribution in [3.05, 3.63) is 29.3 Å². The zero-order valence-corrected chi connectivity index (χ0v) is 15.8. The molecule has 1 fully saturated rings. The predicted molar refractivity (Wildman–Crippen MR) is 104 cm³/mol. The Kier molecular flexibility index (Phi) is 7.66. The van der Waals surface area contributed by atoms with Crippen LogP contribution >= 0.6 is 11.6 Å². The van der Waals surface area contributed by atoms with E-state index in [0.717, 1.165) is 56.5 Å². The highest BCUT2D eigenvalue weighted by Crippen LogP contribution is 2.23. The van der Waals surface area contributed by atoms with Crippen molar-refractivity contribution < 1.29 is 0 Å². The first-order valence-electron chi connectivity index (χ1n) is 8.78. The molecule has 6 heteroatoms. The molecule has 2 rings (SSSR count). The van der Waals surface area contributed by atoms with Gasteiger partial charge in [-0.2, -0.15) is 0 Å². The third kappa shape index (κ3) is 6.21. The molecular formula is C18H30ClN5. The lowest BCUT2D eigenvalue weighted by molar-refractivity contribution is 0.403. The van der Waals surface area contributed by atoms with Gasteiger partial charge >= 0.3 is 0 Å². The molecule has 0 bridgehead atoms. The van der Waals surface area contributed by atoms with Crippen molar-refractivity contribution in [1.82, 2.24) is 15.5 Å². The van der Waals surface area contributed by atoms with Crippen molar-refractivity contribution in [1.29, 1.82) is 0 Å². The molecule has 0 radical (unpaired) electrons. The minimum atomic E-state index is 0.413. The molecule has 0 saturated carbocycles. The van der Waals surface area contributed by atoms with Gasteiger partial charge in [-0.1, -0.05) is 17.7 Å². The van der Waals surface area contributed by atoms with Crippen LogP contribution in [0, 0.1) is 0 Å². The highest BCUT2D eigenvalue weighted by atomic mass is 35.5. The Labute approximate surface area is 151 Å². The highest BCUT2D eigenvalue weighted by Gasteiger charge is 2.23. The van der Waals surface area contributed by atoms with E-state index in [0.29, 0.717) is 6.04 Å². The second-order valence-electron chi connectivity index (χ2n) is 6.47. The van der Waals surface area contributed by atoms with E-state index >= 15 is 0 Å². The van der Waals surface area contributed by atoms with Crippen LogP contribution in [0.1, 0.15) is 19.8 Å². The topological polar surface area (TPSA) is 42.9 Å². The molecule has 1 heterocycles. The smallest absolute Gasteiger partial charge is 0.191 e. The van der Waals surface area contributed by atoms with Gasteiger partial charge in [-0.25, -0.2) is 0 Å². The fraction of sp³-hybridized carbons (Fsp3) is 0.611. The molecule has 1 atom stereocenters. The summed E-state index contributed by atoms with van der Waals surface area (Å²) >= 11 is 6.10. The lowest BCUT2D eigenvalue weighted by Gasteiger charge is -2.20. The number of aliphatic imine (C=N–C) groups is 1. The van der Waals surface area contributed by atoms with Gasteiger partial charge in [-0.15, -0.1) is 0 Å². The first-order valence-corrected chi connectivity index (χ1v) is 9.16. The summed E-state index contributed by atoms with van der Waals surface area (Å²) in [5.41, 5.74) is 1.19. The van der Waals surface area contributed by atoms with Gasteiger partial charge in [0.1, 0.15) is 0 Å². The maximum Gasteiger partial charge on any atom is 0.191 e. The average Bonchev–Trinajstić information content (AvgIpc) is 3.00. The Hall–Kier alpha value is -1.46. The second kappa shape index (κ2) is 9.74. The molecule has 5 nitrogen and oxygen atoms in total. The SMILES string of the molecule is CCNC(=NCCCN(C)C)NC1CCN(c2cccc(Cl)c2)C1. The monoisotopic (exact) mass is 351 g/mol. The fourth-order valence-corrected chi connectivity index (χ4v) is 3.06. The molecular weight excluding hydrogens is 322 g/mol. The molecule has 1 saturated heterocycles. The van der Waals surface area contributed by atoms with Crippen LogP contribution in [0.15, 0.2) is 29.3 Å². The molecule has 1 aromatic carbocycles. The number of guanidine groups is 1. The quantitative estimate of drug-likeness (QED) is 0.450. The largest absolute Gasteiger partial charge is 0.369 e. The summed E-state index contributed by atoms with van der Waals surface area (Å²) in [7, 11) is 4.19. The van der Waals surface area contributed by atoms with Crippen molar-refractivity contribution in [2.45, 2.75) is 25.8 Å². The molecule has 1 aliphatic heterocycles. The summed E-state index contributed by atoms with van der Waals surface area (Å²) < 4.78 is 0. The minimum absolute atomic E-state index is 0.413. The maximum atomic E-state index is 6.10. The van der Waals surface area contributed by atoms with Gasteiger partial charge in [-0.05, 0) is 58.6 Å². The molecule has 1 unspecified atom stereocenters. The first-order chi connectivity index (χ1) is 11.6. The third-order valence-corrected chi connectivity index (χ3v) is 4.32. The Morgan fingerprint density at radius 1 is 1.42 bits per heavy atom. The van der Waals surface area contributed by atoms with E-state index in [1.165, 1.54) is 5.69 Å². The van der Waals surface area contributed by atoms with Crippen LogP contribution in [0.2, 0.25) is 5.02 Å². The van der Waals surface area contributed by atoms with Gasteiger partial charge in [0.2, 0.25) is 0 Å². The van der Waals surface area contributed by atoms with Gasteiger partial charge in [0.25, 0.3) is 0 Å². The molecule has 0 amide bonds. The van der Waals surface area contributed by atoms with Crippen LogP contribution in [0.3, 0.4) is 0 Å². The lowest BCUT2D eigenvalue weighted by atomic mass is 10.2. The molecule has 1 aromatic rings. The van der Waals surface area contributed by atoms with E-state index < -0.39 is 0 Å². The molecule has 24 heavy (non-hydrogen) atoms. The molecule has 2 N–H and O–H groups in total. The third-order valence-electron chi connectivity index (χ3n) is 4.08. The number of nitrogens with zero attached hydrogens (tertiary/aromatic N) is 3. The zero-order valence-electron chi connectivity index (χ0n) is 15.1. The highest BCUT2D eigenvalue weighted by molar-refractivity contribution is 6.30. The normalized spacial score (nSPS) is 18.3. The Balaban J connectivity index is 1.85. The molecule has 134 valence electrons. The standard InChI is InChI=1S/C18H30ClN5/c1-4-20-18(21-10-6-11-23(2)3)22-16-9-12-24(14-16)17-8-5-7-15(19)13-17/h5,7-8,13,16H,4,6,9-12,14H2,1-3H3,(H2,20,21,22). The van der Waals surface area contributed by atoms with Gasteiger partial charge in [0, 0.05) is 42.9 Å². The van der Waals surface area contributed by atoms with E-state index in [9.17, 15) is 0 Å². The van der Waals surface area contributed by atoms with Crippen LogP contribution in [-0.2, 0) is 0 Å². The van der Waals surface area contributed by atoms with Gasteiger partial charge < -0.3 is 20.4 Å². The van der Waals surface area contributed by atoms with Crippen LogP contribution in [0.4, 0.5) is 5.69 Å². The summed E-state index contributed by atoms with van der Waals surface area (Å²) in [6, 6.07) is 8.49. The molecule has 1 aliphatic rings. The number of rotatable bonds is 7. The maximum absolute atomic E-state index is 6.10. The zero-order chi connectivity index (χ0) is 17.4. The number of nitrogens with one attached hydrogen (secondary N) is 2. The van der Waals surface area contributed by atoms with Gasteiger partial charge in [0.15, 0.2) is 5.96 Å².